The zero-order valence-electron chi connectivity index (χ0n) is 9.39. The lowest BCUT2D eigenvalue weighted by atomic mass is 10.2. The molecule has 0 radical (unpaired) electrons. The lowest BCUT2D eigenvalue weighted by molar-refractivity contribution is 0.0460. The van der Waals surface area contributed by atoms with Crippen molar-refractivity contribution in [3.8, 4) is 0 Å². The van der Waals surface area contributed by atoms with Crippen molar-refractivity contribution in [1.82, 2.24) is 20.2 Å². The molecule has 1 aromatic rings. The summed E-state index contributed by atoms with van der Waals surface area (Å²) >= 11 is 0. The Morgan fingerprint density at radius 3 is 2.87 bits per heavy atom. The standard InChI is InChI=1S/C9H19N5O/c1-3-5-8(15-4-2)9-11-12-13-14(9)7-6-10/h8H,3-7,10H2,1-2H3. The second-order valence-corrected chi connectivity index (χ2v) is 3.28. The predicted molar refractivity (Wildman–Crippen MR) is 56.1 cm³/mol. The Kier molecular flexibility index (Phi) is 5.20. The molecule has 0 saturated carbocycles. The molecule has 0 aliphatic carbocycles. The quantitative estimate of drug-likeness (QED) is 0.714. The average molecular weight is 213 g/mol. The largest absolute Gasteiger partial charge is 0.370 e. The first-order chi connectivity index (χ1) is 7.33. The summed E-state index contributed by atoms with van der Waals surface area (Å²) in [6.07, 6.45) is 1.96. The van der Waals surface area contributed by atoms with E-state index in [0.717, 1.165) is 18.7 Å². The van der Waals surface area contributed by atoms with Crippen molar-refractivity contribution in [2.24, 2.45) is 5.73 Å². The highest BCUT2D eigenvalue weighted by molar-refractivity contribution is 4.88. The van der Waals surface area contributed by atoms with Gasteiger partial charge in [-0.2, -0.15) is 0 Å². The van der Waals surface area contributed by atoms with Crippen LogP contribution in [0.5, 0.6) is 0 Å². The number of hydrogen-bond donors (Lipinski definition) is 1. The molecule has 0 aromatic carbocycles. The van der Waals surface area contributed by atoms with Crippen LogP contribution < -0.4 is 5.73 Å². The summed E-state index contributed by atoms with van der Waals surface area (Å²) in [7, 11) is 0. The van der Waals surface area contributed by atoms with Crippen molar-refractivity contribution in [2.45, 2.75) is 39.3 Å². The molecule has 2 N–H and O–H groups in total. The second kappa shape index (κ2) is 6.47. The fraction of sp³-hybridized carbons (Fsp3) is 0.889. The van der Waals surface area contributed by atoms with Gasteiger partial charge < -0.3 is 10.5 Å². The molecule has 0 spiro atoms. The normalized spacial score (nSPS) is 13.0. The van der Waals surface area contributed by atoms with Crippen LogP contribution in [0, 0.1) is 0 Å². The smallest absolute Gasteiger partial charge is 0.180 e. The Hall–Kier alpha value is -1.01. The van der Waals surface area contributed by atoms with Gasteiger partial charge in [-0.3, -0.25) is 0 Å². The summed E-state index contributed by atoms with van der Waals surface area (Å²) in [4.78, 5) is 0. The Morgan fingerprint density at radius 1 is 1.47 bits per heavy atom. The van der Waals surface area contributed by atoms with Gasteiger partial charge in [0.1, 0.15) is 6.10 Å². The zero-order valence-corrected chi connectivity index (χ0v) is 9.39. The van der Waals surface area contributed by atoms with Gasteiger partial charge in [0.2, 0.25) is 0 Å². The van der Waals surface area contributed by atoms with Crippen LogP contribution in [-0.4, -0.2) is 33.4 Å². The molecule has 0 fully saturated rings. The molecule has 15 heavy (non-hydrogen) atoms. The fourth-order valence-electron chi connectivity index (χ4n) is 1.47. The molecule has 1 unspecified atom stereocenters. The van der Waals surface area contributed by atoms with Crippen molar-refractivity contribution in [2.75, 3.05) is 13.2 Å². The fourth-order valence-corrected chi connectivity index (χ4v) is 1.47. The van der Waals surface area contributed by atoms with Crippen molar-refractivity contribution >= 4 is 0 Å². The minimum Gasteiger partial charge on any atom is -0.370 e. The van der Waals surface area contributed by atoms with Gasteiger partial charge in [0.15, 0.2) is 5.82 Å². The summed E-state index contributed by atoms with van der Waals surface area (Å²) in [6, 6.07) is 0. The van der Waals surface area contributed by atoms with Gasteiger partial charge in [-0.05, 0) is 23.8 Å². The third kappa shape index (κ3) is 3.24. The maximum absolute atomic E-state index is 5.61. The van der Waals surface area contributed by atoms with Gasteiger partial charge in [0.25, 0.3) is 0 Å². The highest BCUT2D eigenvalue weighted by atomic mass is 16.5. The topological polar surface area (TPSA) is 78.9 Å². The van der Waals surface area contributed by atoms with E-state index >= 15 is 0 Å². The number of nitrogens with zero attached hydrogens (tertiary/aromatic N) is 4. The van der Waals surface area contributed by atoms with Crippen molar-refractivity contribution < 1.29 is 4.74 Å². The first-order valence-electron chi connectivity index (χ1n) is 5.41. The van der Waals surface area contributed by atoms with Crippen molar-refractivity contribution in [1.29, 1.82) is 0 Å². The number of nitrogens with two attached hydrogens (primary N) is 1. The van der Waals surface area contributed by atoms with Crippen LogP contribution in [0.2, 0.25) is 0 Å². The molecule has 1 heterocycles. The summed E-state index contributed by atoms with van der Waals surface area (Å²) in [5.74, 6) is 0.782. The van der Waals surface area contributed by atoms with Crippen LogP contribution in [0.25, 0.3) is 0 Å². The van der Waals surface area contributed by atoms with Crippen LogP contribution >= 0.6 is 0 Å². The highest BCUT2D eigenvalue weighted by Gasteiger charge is 2.17. The van der Waals surface area contributed by atoms with E-state index in [-0.39, 0.29) is 6.10 Å². The summed E-state index contributed by atoms with van der Waals surface area (Å²) in [6.45, 7) is 5.92. The number of rotatable bonds is 7. The Balaban J connectivity index is 2.74. The van der Waals surface area contributed by atoms with Gasteiger partial charge in [-0.25, -0.2) is 4.68 Å². The zero-order chi connectivity index (χ0) is 11.1. The second-order valence-electron chi connectivity index (χ2n) is 3.28. The molecule has 1 aromatic heterocycles. The van der Waals surface area contributed by atoms with Gasteiger partial charge in [0, 0.05) is 13.2 Å². The van der Waals surface area contributed by atoms with E-state index in [0.29, 0.717) is 19.7 Å². The number of hydrogen-bond acceptors (Lipinski definition) is 5. The molecule has 0 saturated heterocycles. The Morgan fingerprint density at radius 2 is 2.27 bits per heavy atom. The van der Waals surface area contributed by atoms with Crippen LogP contribution in [0.15, 0.2) is 0 Å². The Labute approximate surface area is 89.8 Å². The third-order valence-electron chi connectivity index (χ3n) is 2.11. The molecule has 0 aliphatic heterocycles. The van der Waals surface area contributed by atoms with Crippen molar-refractivity contribution in [3.63, 3.8) is 0 Å². The number of tetrazole rings is 1. The molecule has 1 rings (SSSR count). The maximum atomic E-state index is 5.61. The molecule has 6 nitrogen and oxygen atoms in total. The van der Waals surface area contributed by atoms with E-state index in [4.69, 9.17) is 10.5 Å². The van der Waals surface area contributed by atoms with Crippen LogP contribution in [0.3, 0.4) is 0 Å². The molecule has 1 atom stereocenters. The monoisotopic (exact) mass is 213 g/mol. The minimum atomic E-state index is -0.0125. The number of ether oxygens (including phenoxy) is 1. The van der Waals surface area contributed by atoms with E-state index in [1.165, 1.54) is 0 Å². The molecular formula is C9H19N5O. The first kappa shape index (κ1) is 12.1. The van der Waals surface area contributed by atoms with E-state index in [1.54, 1.807) is 4.68 Å². The van der Waals surface area contributed by atoms with Gasteiger partial charge in [-0.1, -0.05) is 13.3 Å². The Bertz CT molecular complexity index is 269. The lowest BCUT2D eigenvalue weighted by Gasteiger charge is -2.15. The summed E-state index contributed by atoms with van der Waals surface area (Å²) in [5, 5.41) is 11.5. The molecule has 0 amide bonds. The van der Waals surface area contributed by atoms with E-state index in [2.05, 4.69) is 22.4 Å². The predicted octanol–water partition coefficient (Wildman–Crippen LogP) is 0.509. The maximum Gasteiger partial charge on any atom is 0.180 e. The summed E-state index contributed by atoms with van der Waals surface area (Å²) in [5.41, 5.74) is 5.48. The number of aromatic nitrogens is 4. The summed E-state index contributed by atoms with van der Waals surface area (Å²) < 4.78 is 7.33. The molecule has 0 bridgehead atoms. The van der Waals surface area contributed by atoms with E-state index in [9.17, 15) is 0 Å². The molecule has 6 heteroatoms. The van der Waals surface area contributed by atoms with Crippen LogP contribution in [0.4, 0.5) is 0 Å². The minimum absolute atomic E-state index is 0.0125. The van der Waals surface area contributed by atoms with Gasteiger partial charge >= 0.3 is 0 Å². The lowest BCUT2D eigenvalue weighted by Crippen LogP contribution is -2.17. The highest BCUT2D eigenvalue weighted by Crippen LogP contribution is 2.19. The van der Waals surface area contributed by atoms with Crippen LogP contribution in [0.1, 0.15) is 38.6 Å². The van der Waals surface area contributed by atoms with Gasteiger partial charge in [-0.15, -0.1) is 5.10 Å². The average Bonchev–Trinajstić information content (AvgIpc) is 2.66. The van der Waals surface area contributed by atoms with Gasteiger partial charge in [0.05, 0.1) is 6.54 Å². The van der Waals surface area contributed by atoms with Crippen LogP contribution in [-0.2, 0) is 11.3 Å². The molecule has 86 valence electrons. The third-order valence-corrected chi connectivity index (χ3v) is 2.11. The SMILES string of the molecule is CCCC(OCC)c1nnnn1CCN. The molecule has 0 aliphatic rings. The first-order valence-corrected chi connectivity index (χ1v) is 5.41. The van der Waals surface area contributed by atoms with E-state index in [1.807, 2.05) is 6.92 Å². The van der Waals surface area contributed by atoms with E-state index < -0.39 is 0 Å². The van der Waals surface area contributed by atoms with Crippen molar-refractivity contribution in [3.05, 3.63) is 5.82 Å². The molecular weight excluding hydrogens is 194 g/mol.